The highest BCUT2D eigenvalue weighted by Crippen LogP contribution is 2.19. The van der Waals surface area contributed by atoms with Gasteiger partial charge in [0.25, 0.3) is 0 Å². The molecule has 4 heteroatoms. The van der Waals surface area contributed by atoms with Crippen LogP contribution < -0.4 is 5.32 Å². The Morgan fingerprint density at radius 3 is 2.87 bits per heavy atom. The van der Waals surface area contributed by atoms with Crippen LogP contribution in [0.3, 0.4) is 0 Å². The van der Waals surface area contributed by atoms with Gasteiger partial charge in [-0.1, -0.05) is 12.1 Å². The molecule has 0 aliphatic carbocycles. The van der Waals surface area contributed by atoms with Crippen LogP contribution in [0.25, 0.3) is 0 Å². The minimum absolute atomic E-state index is 0.00426. The summed E-state index contributed by atoms with van der Waals surface area (Å²) in [5, 5.41) is 11.6. The summed E-state index contributed by atoms with van der Waals surface area (Å²) in [4.78, 5) is 10.6. The van der Waals surface area contributed by atoms with E-state index in [1.54, 1.807) is 19.2 Å². The SMILES string of the molecule is CNCC(CC(=O)O)c1cccc(F)c1. The molecule has 0 aliphatic heterocycles. The number of carbonyl (C=O) groups is 1. The van der Waals surface area contributed by atoms with E-state index in [0.717, 1.165) is 0 Å². The molecular formula is C11H14FNO2. The maximum Gasteiger partial charge on any atom is 0.304 e. The molecule has 0 saturated heterocycles. The van der Waals surface area contributed by atoms with Crippen molar-refractivity contribution in [3.8, 4) is 0 Å². The minimum Gasteiger partial charge on any atom is -0.481 e. The Balaban J connectivity index is 2.83. The summed E-state index contributed by atoms with van der Waals surface area (Å²) >= 11 is 0. The summed E-state index contributed by atoms with van der Waals surface area (Å²) in [6.45, 7) is 0.524. The number of likely N-dealkylation sites (N-methyl/N-ethyl adjacent to an activating group) is 1. The lowest BCUT2D eigenvalue weighted by atomic mass is 9.95. The average molecular weight is 211 g/mol. The van der Waals surface area contributed by atoms with Gasteiger partial charge in [-0.2, -0.15) is 0 Å². The van der Waals surface area contributed by atoms with Crippen molar-refractivity contribution in [2.75, 3.05) is 13.6 Å². The van der Waals surface area contributed by atoms with Gasteiger partial charge < -0.3 is 10.4 Å². The van der Waals surface area contributed by atoms with Crippen LogP contribution in [0, 0.1) is 5.82 Å². The zero-order chi connectivity index (χ0) is 11.3. The van der Waals surface area contributed by atoms with Crippen molar-refractivity contribution < 1.29 is 14.3 Å². The van der Waals surface area contributed by atoms with Gasteiger partial charge in [0.05, 0.1) is 6.42 Å². The van der Waals surface area contributed by atoms with Crippen LogP contribution in [0.1, 0.15) is 17.9 Å². The lowest BCUT2D eigenvalue weighted by Crippen LogP contribution is -2.20. The molecule has 1 aromatic carbocycles. The summed E-state index contributed by atoms with van der Waals surface area (Å²) in [6.07, 6.45) is 0.00426. The molecule has 0 aromatic heterocycles. The molecule has 0 spiro atoms. The molecule has 3 nitrogen and oxygen atoms in total. The lowest BCUT2D eigenvalue weighted by molar-refractivity contribution is -0.137. The Bertz CT molecular complexity index is 341. The summed E-state index contributed by atoms with van der Waals surface area (Å²) < 4.78 is 12.9. The first-order valence-corrected chi connectivity index (χ1v) is 4.75. The highest BCUT2D eigenvalue weighted by atomic mass is 19.1. The molecule has 0 heterocycles. The normalized spacial score (nSPS) is 12.4. The fourth-order valence-corrected chi connectivity index (χ4v) is 1.53. The number of hydrogen-bond donors (Lipinski definition) is 2. The Kier molecular flexibility index (Phi) is 4.24. The number of carboxylic acids is 1. The second-order valence-electron chi connectivity index (χ2n) is 3.41. The fourth-order valence-electron chi connectivity index (χ4n) is 1.53. The molecule has 0 radical (unpaired) electrons. The van der Waals surface area contributed by atoms with Crippen molar-refractivity contribution in [1.29, 1.82) is 0 Å². The largest absolute Gasteiger partial charge is 0.481 e. The first kappa shape index (κ1) is 11.7. The molecule has 0 bridgehead atoms. The summed E-state index contributed by atoms with van der Waals surface area (Å²) in [6, 6.07) is 6.06. The number of carboxylic acid groups (broad SMARTS) is 1. The molecule has 0 aliphatic rings. The Morgan fingerprint density at radius 2 is 2.33 bits per heavy atom. The summed E-state index contributed by atoms with van der Waals surface area (Å²) in [5.74, 6) is -1.40. The molecule has 0 amide bonds. The van der Waals surface area contributed by atoms with Crippen LogP contribution in [0.5, 0.6) is 0 Å². The van der Waals surface area contributed by atoms with E-state index >= 15 is 0 Å². The molecule has 1 atom stereocenters. The predicted molar refractivity (Wildman–Crippen MR) is 55.3 cm³/mol. The van der Waals surface area contributed by atoms with Gasteiger partial charge in [0.15, 0.2) is 0 Å². The zero-order valence-corrected chi connectivity index (χ0v) is 8.53. The molecule has 15 heavy (non-hydrogen) atoms. The number of rotatable bonds is 5. The summed E-state index contributed by atoms with van der Waals surface area (Å²) in [7, 11) is 1.74. The molecular weight excluding hydrogens is 197 g/mol. The van der Waals surface area contributed by atoms with Crippen LogP contribution in [0.2, 0.25) is 0 Å². The van der Waals surface area contributed by atoms with E-state index in [-0.39, 0.29) is 18.2 Å². The van der Waals surface area contributed by atoms with E-state index in [2.05, 4.69) is 5.32 Å². The smallest absolute Gasteiger partial charge is 0.304 e. The van der Waals surface area contributed by atoms with Gasteiger partial charge in [0.1, 0.15) is 5.82 Å². The molecule has 0 saturated carbocycles. The second-order valence-corrected chi connectivity index (χ2v) is 3.41. The monoisotopic (exact) mass is 211 g/mol. The van der Waals surface area contributed by atoms with Gasteiger partial charge in [-0.15, -0.1) is 0 Å². The Morgan fingerprint density at radius 1 is 1.60 bits per heavy atom. The zero-order valence-electron chi connectivity index (χ0n) is 8.53. The van der Waals surface area contributed by atoms with Crippen LogP contribution in [0.15, 0.2) is 24.3 Å². The van der Waals surface area contributed by atoms with E-state index in [1.165, 1.54) is 12.1 Å². The third-order valence-electron chi connectivity index (χ3n) is 2.19. The van der Waals surface area contributed by atoms with Gasteiger partial charge in [0.2, 0.25) is 0 Å². The predicted octanol–water partition coefficient (Wildman–Crippen LogP) is 1.60. The number of hydrogen-bond acceptors (Lipinski definition) is 2. The molecule has 1 rings (SSSR count). The summed E-state index contributed by atoms with van der Waals surface area (Å²) in [5.41, 5.74) is 0.715. The van der Waals surface area contributed by atoms with E-state index in [0.29, 0.717) is 12.1 Å². The van der Waals surface area contributed by atoms with Gasteiger partial charge in [-0.05, 0) is 24.7 Å². The molecule has 1 unspecified atom stereocenters. The van der Waals surface area contributed by atoms with E-state index in [1.807, 2.05) is 0 Å². The fraction of sp³-hybridized carbons (Fsp3) is 0.364. The minimum atomic E-state index is -0.875. The van der Waals surface area contributed by atoms with Crippen molar-refractivity contribution in [2.24, 2.45) is 0 Å². The Hall–Kier alpha value is -1.42. The third kappa shape index (κ3) is 3.67. The van der Waals surface area contributed by atoms with Crippen LogP contribution in [-0.2, 0) is 4.79 Å². The number of halogens is 1. The number of nitrogens with one attached hydrogen (secondary N) is 1. The van der Waals surface area contributed by atoms with Gasteiger partial charge >= 0.3 is 5.97 Å². The molecule has 0 fully saturated rings. The van der Waals surface area contributed by atoms with Crippen molar-refractivity contribution in [3.05, 3.63) is 35.6 Å². The van der Waals surface area contributed by atoms with Crippen LogP contribution in [-0.4, -0.2) is 24.7 Å². The molecule has 82 valence electrons. The van der Waals surface area contributed by atoms with Gasteiger partial charge in [0, 0.05) is 12.5 Å². The third-order valence-corrected chi connectivity index (χ3v) is 2.19. The topological polar surface area (TPSA) is 49.3 Å². The van der Waals surface area contributed by atoms with E-state index in [4.69, 9.17) is 5.11 Å². The quantitative estimate of drug-likeness (QED) is 0.777. The first-order valence-electron chi connectivity index (χ1n) is 4.75. The van der Waals surface area contributed by atoms with Crippen LogP contribution in [0.4, 0.5) is 4.39 Å². The maximum atomic E-state index is 12.9. The van der Waals surface area contributed by atoms with Crippen molar-refractivity contribution in [3.63, 3.8) is 0 Å². The van der Waals surface area contributed by atoms with Crippen molar-refractivity contribution in [1.82, 2.24) is 5.32 Å². The van der Waals surface area contributed by atoms with E-state index in [9.17, 15) is 9.18 Å². The number of benzene rings is 1. The second kappa shape index (κ2) is 5.46. The van der Waals surface area contributed by atoms with Crippen molar-refractivity contribution in [2.45, 2.75) is 12.3 Å². The highest BCUT2D eigenvalue weighted by Gasteiger charge is 2.14. The first-order chi connectivity index (χ1) is 7.13. The van der Waals surface area contributed by atoms with Crippen molar-refractivity contribution >= 4 is 5.97 Å². The average Bonchev–Trinajstić information content (AvgIpc) is 2.16. The Labute approximate surface area is 87.9 Å². The highest BCUT2D eigenvalue weighted by molar-refractivity contribution is 5.68. The molecule has 1 aromatic rings. The molecule has 2 N–H and O–H groups in total. The maximum absolute atomic E-state index is 12.9. The lowest BCUT2D eigenvalue weighted by Gasteiger charge is -2.14. The number of aliphatic carboxylic acids is 1. The standard InChI is InChI=1S/C11H14FNO2/c1-13-7-9(6-11(14)15)8-3-2-4-10(12)5-8/h2-5,9,13H,6-7H2,1H3,(H,14,15). The van der Waals surface area contributed by atoms with Crippen LogP contribution >= 0.6 is 0 Å². The van der Waals surface area contributed by atoms with Gasteiger partial charge in [-0.3, -0.25) is 4.79 Å². The van der Waals surface area contributed by atoms with E-state index < -0.39 is 5.97 Å². The van der Waals surface area contributed by atoms with Gasteiger partial charge in [-0.25, -0.2) is 4.39 Å².